The van der Waals surface area contributed by atoms with E-state index < -0.39 is 0 Å². The van der Waals surface area contributed by atoms with Crippen LogP contribution in [0.2, 0.25) is 0 Å². The first-order valence-corrected chi connectivity index (χ1v) is 10.0. The van der Waals surface area contributed by atoms with Crippen LogP contribution in [0.25, 0.3) is 0 Å². The Kier molecular flexibility index (Phi) is 6.44. The minimum absolute atomic E-state index is 0.205. The van der Waals surface area contributed by atoms with E-state index in [4.69, 9.17) is 17.0 Å². The van der Waals surface area contributed by atoms with Crippen molar-refractivity contribution in [3.63, 3.8) is 0 Å². The second kappa shape index (κ2) is 8.12. The minimum Gasteiger partial charge on any atom is -0.507 e. The molecule has 0 spiro atoms. The standard InChI is InChI=1S/C24H33NO2S/c1-23(2,3)18-14-17(15-19(20(18)26)24(4,5)6)21(27-22(28)25(7)8)16-12-10-9-11-13-16/h9-15,21,26H,1-8H3. The second-order valence-corrected chi connectivity index (χ2v) is 9.88. The van der Waals surface area contributed by atoms with Gasteiger partial charge in [0, 0.05) is 14.1 Å². The molecule has 4 heteroatoms. The van der Waals surface area contributed by atoms with E-state index in [0.29, 0.717) is 10.9 Å². The number of nitrogens with zero attached hydrogens (tertiary/aromatic N) is 1. The predicted molar refractivity (Wildman–Crippen MR) is 121 cm³/mol. The maximum atomic E-state index is 11.0. The monoisotopic (exact) mass is 399 g/mol. The van der Waals surface area contributed by atoms with Crippen LogP contribution in [0, 0.1) is 0 Å². The lowest BCUT2D eigenvalue weighted by Gasteiger charge is -2.30. The lowest BCUT2D eigenvalue weighted by atomic mass is 9.77. The Morgan fingerprint density at radius 1 is 0.893 bits per heavy atom. The van der Waals surface area contributed by atoms with Gasteiger partial charge in [-0.25, -0.2) is 0 Å². The molecule has 0 aliphatic heterocycles. The smallest absolute Gasteiger partial charge is 0.259 e. The maximum Gasteiger partial charge on any atom is 0.259 e. The van der Waals surface area contributed by atoms with Gasteiger partial charge in [-0.2, -0.15) is 0 Å². The van der Waals surface area contributed by atoms with Gasteiger partial charge >= 0.3 is 0 Å². The molecule has 2 aromatic carbocycles. The van der Waals surface area contributed by atoms with Gasteiger partial charge < -0.3 is 14.7 Å². The number of phenolic OH excluding ortho intramolecular Hbond substituents is 1. The summed E-state index contributed by atoms with van der Waals surface area (Å²) in [5, 5.41) is 11.5. The van der Waals surface area contributed by atoms with Crippen LogP contribution in [0.5, 0.6) is 5.75 Å². The average molecular weight is 400 g/mol. The van der Waals surface area contributed by atoms with E-state index in [1.165, 1.54) is 0 Å². The van der Waals surface area contributed by atoms with Crippen molar-refractivity contribution in [2.75, 3.05) is 14.1 Å². The molecule has 0 amide bonds. The van der Waals surface area contributed by atoms with Gasteiger partial charge in [0.1, 0.15) is 5.75 Å². The van der Waals surface area contributed by atoms with Crippen LogP contribution in [0.1, 0.15) is 69.9 Å². The first kappa shape index (κ1) is 22.2. The van der Waals surface area contributed by atoms with Crippen molar-refractivity contribution in [2.24, 2.45) is 0 Å². The second-order valence-electron chi connectivity index (χ2n) is 9.53. The summed E-state index contributed by atoms with van der Waals surface area (Å²) in [6.45, 7) is 12.7. The first-order chi connectivity index (χ1) is 12.8. The highest BCUT2D eigenvalue weighted by Gasteiger charge is 2.29. The summed E-state index contributed by atoms with van der Waals surface area (Å²) in [4.78, 5) is 1.79. The third-order valence-electron chi connectivity index (χ3n) is 4.74. The molecule has 2 aromatic rings. The molecule has 3 nitrogen and oxygen atoms in total. The number of hydrogen-bond acceptors (Lipinski definition) is 3. The number of ether oxygens (including phenoxy) is 1. The molecule has 1 N–H and O–H groups in total. The molecular weight excluding hydrogens is 366 g/mol. The van der Waals surface area contributed by atoms with E-state index in [1.807, 2.05) is 44.4 Å². The molecule has 0 heterocycles. The summed E-state index contributed by atoms with van der Waals surface area (Å²) in [6, 6.07) is 14.2. The lowest BCUT2D eigenvalue weighted by molar-refractivity contribution is 0.206. The molecule has 0 radical (unpaired) electrons. The molecule has 0 bridgehead atoms. The molecule has 152 valence electrons. The number of phenols is 1. The van der Waals surface area contributed by atoms with Crippen LogP contribution in [0.3, 0.4) is 0 Å². The average Bonchev–Trinajstić information content (AvgIpc) is 2.58. The molecule has 0 fully saturated rings. The quantitative estimate of drug-likeness (QED) is 0.648. The molecular formula is C24H33NO2S. The summed E-state index contributed by atoms with van der Waals surface area (Å²) in [6.07, 6.45) is -0.348. The molecule has 0 aromatic heterocycles. The Morgan fingerprint density at radius 3 is 1.75 bits per heavy atom. The highest BCUT2D eigenvalue weighted by Crippen LogP contribution is 2.42. The van der Waals surface area contributed by atoms with E-state index in [2.05, 4.69) is 53.7 Å². The third kappa shape index (κ3) is 5.05. The van der Waals surface area contributed by atoms with Crippen molar-refractivity contribution in [3.05, 3.63) is 64.7 Å². The third-order valence-corrected chi connectivity index (χ3v) is 5.20. The van der Waals surface area contributed by atoms with Gasteiger partial charge in [-0.1, -0.05) is 71.9 Å². The van der Waals surface area contributed by atoms with Crippen LogP contribution >= 0.6 is 12.2 Å². The molecule has 1 atom stereocenters. The molecule has 2 rings (SSSR count). The molecule has 0 saturated carbocycles. The van der Waals surface area contributed by atoms with E-state index >= 15 is 0 Å². The van der Waals surface area contributed by atoms with Crippen molar-refractivity contribution < 1.29 is 9.84 Å². The van der Waals surface area contributed by atoms with Crippen molar-refractivity contribution >= 4 is 17.4 Å². The van der Waals surface area contributed by atoms with Crippen molar-refractivity contribution in [1.29, 1.82) is 0 Å². The minimum atomic E-state index is -0.348. The zero-order valence-corrected chi connectivity index (χ0v) is 19.1. The van der Waals surface area contributed by atoms with Gasteiger partial charge in [0.2, 0.25) is 0 Å². The van der Waals surface area contributed by atoms with Crippen molar-refractivity contribution in [2.45, 2.75) is 58.5 Å². The SMILES string of the molecule is CN(C)C(=S)OC(c1ccccc1)c1cc(C(C)(C)C)c(O)c(C(C)(C)C)c1. The van der Waals surface area contributed by atoms with E-state index in [0.717, 1.165) is 22.3 Å². The fourth-order valence-electron chi connectivity index (χ4n) is 3.11. The summed E-state index contributed by atoms with van der Waals surface area (Å²) in [7, 11) is 3.75. The Balaban J connectivity index is 2.73. The summed E-state index contributed by atoms with van der Waals surface area (Å²) in [5.74, 6) is 0.366. The zero-order chi connectivity index (χ0) is 21.3. The zero-order valence-electron chi connectivity index (χ0n) is 18.3. The van der Waals surface area contributed by atoms with Crippen molar-refractivity contribution in [3.8, 4) is 5.75 Å². The Hall–Kier alpha value is -2.07. The maximum absolute atomic E-state index is 11.0. The highest BCUT2D eigenvalue weighted by molar-refractivity contribution is 7.80. The van der Waals surface area contributed by atoms with Gasteiger partial charge in [0.25, 0.3) is 5.17 Å². The highest BCUT2D eigenvalue weighted by atomic mass is 32.1. The van der Waals surface area contributed by atoms with E-state index in [9.17, 15) is 5.11 Å². The topological polar surface area (TPSA) is 32.7 Å². The number of hydrogen-bond donors (Lipinski definition) is 1. The van der Waals surface area contributed by atoms with Gasteiger partial charge in [-0.3, -0.25) is 0 Å². The van der Waals surface area contributed by atoms with E-state index in [-0.39, 0.29) is 16.9 Å². The number of aromatic hydroxyl groups is 1. The van der Waals surface area contributed by atoms with Crippen molar-refractivity contribution in [1.82, 2.24) is 4.90 Å². The van der Waals surface area contributed by atoms with Crippen LogP contribution < -0.4 is 0 Å². The molecule has 0 aliphatic carbocycles. The summed E-state index contributed by atoms with van der Waals surface area (Å²) in [5.41, 5.74) is 3.43. The van der Waals surface area contributed by atoms with Gasteiger partial charge in [-0.05, 0) is 57.4 Å². The number of benzene rings is 2. The first-order valence-electron chi connectivity index (χ1n) is 9.63. The van der Waals surface area contributed by atoms with Gasteiger partial charge in [0.05, 0.1) is 0 Å². The molecule has 0 saturated heterocycles. The van der Waals surface area contributed by atoms with Crippen LogP contribution in [0.15, 0.2) is 42.5 Å². The summed E-state index contributed by atoms with van der Waals surface area (Å²) >= 11 is 5.45. The number of thiocarbonyl (C=S) groups is 1. The largest absolute Gasteiger partial charge is 0.507 e. The molecule has 28 heavy (non-hydrogen) atoms. The Labute approximate surface area is 175 Å². The molecule has 1 unspecified atom stereocenters. The lowest BCUT2D eigenvalue weighted by Crippen LogP contribution is -2.25. The summed E-state index contributed by atoms with van der Waals surface area (Å²) < 4.78 is 6.23. The Morgan fingerprint density at radius 2 is 1.36 bits per heavy atom. The van der Waals surface area contributed by atoms with Gasteiger partial charge in [-0.15, -0.1) is 0 Å². The normalized spacial score (nSPS) is 13.1. The molecule has 0 aliphatic rings. The van der Waals surface area contributed by atoms with Crippen LogP contribution in [0.4, 0.5) is 0 Å². The van der Waals surface area contributed by atoms with Gasteiger partial charge in [0.15, 0.2) is 6.10 Å². The Bertz CT molecular complexity index is 795. The fraction of sp³-hybridized carbons (Fsp3) is 0.458. The fourth-order valence-corrected chi connectivity index (χ4v) is 3.21. The van der Waals surface area contributed by atoms with Crippen LogP contribution in [-0.4, -0.2) is 29.3 Å². The van der Waals surface area contributed by atoms with Crippen LogP contribution in [-0.2, 0) is 15.6 Å². The predicted octanol–water partition coefficient (Wildman–Crippen LogP) is 5.94. The number of rotatable bonds is 3. The van der Waals surface area contributed by atoms with E-state index in [1.54, 1.807) is 4.90 Å².